The van der Waals surface area contributed by atoms with Crippen molar-refractivity contribution in [2.45, 2.75) is 19.0 Å². The molecule has 0 saturated carbocycles. The van der Waals surface area contributed by atoms with Gasteiger partial charge in [0, 0.05) is 27.6 Å². The highest BCUT2D eigenvalue weighted by Crippen LogP contribution is 2.24. The van der Waals surface area contributed by atoms with Crippen LogP contribution in [0.1, 0.15) is 22.3 Å². The van der Waals surface area contributed by atoms with E-state index in [2.05, 4.69) is 15.9 Å². The smallest absolute Gasteiger partial charge is 0.254 e. The van der Waals surface area contributed by atoms with Gasteiger partial charge in [0.25, 0.3) is 5.91 Å². The summed E-state index contributed by atoms with van der Waals surface area (Å²) < 4.78 is 24.7. The van der Waals surface area contributed by atoms with E-state index in [0.717, 1.165) is 10.0 Å². The minimum atomic E-state index is -3.09. The summed E-state index contributed by atoms with van der Waals surface area (Å²) in [6, 6.07) is 14.0. The predicted octanol–water partition coefficient (Wildman–Crippen LogP) is 3.93. The van der Waals surface area contributed by atoms with E-state index in [9.17, 15) is 13.2 Å². The number of carbonyl (C=O) groups excluding carboxylic acids is 1. The van der Waals surface area contributed by atoms with Gasteiger partial charge in [-0.15, -0.1) is 0 Å². The van der Waals surface area contributed by atoms with Gasteiger partial charge in [0.1, 0.15) is 0 Å². The molecule has 25 heavy (non-hydrogen) atoms. The lowest BCUT2D eigenvalue weighted by atomic mass is 10.1. The predicted molar refractivity (Wildman–Crippen MR) is 103 cm³/mol. The summed E-state index contributed by atoms with van der Waals surface area (Å²) in [5.74, 6) is -0.0396. The molecule has 0 bridgehead atoms. The summed E-state index contributed by atoms with van der Waals surface area (Å²) in [5, 5.41) is 0.590. The van der Waals surface area contributed by atoms with Crippen molar-refractivity contribution in [2.24, 2.45) is 0 Å². The molecule has 1 saturated heterocycles. The second-order valence-electron chi connectivity index (χ2n) is 6.13. The molecular formula is C18H17BrClNO3S. The van der Waals surface area contributed by atoms with Crippen LogP contribution in [0.5, 0.6) is 0 Å². The number of hydrogen-bond donors (Lipinski definition) is 0. The van der Waals surface area contributed by atoms with Gasteiger partial charge in [-0.3, -0.25) is 4.79 Å². The first-order chi connectivity index (χ1) is 11.8. The molecule has 0 N–H and O–H groups in total. The number of halogens is 2. The van der Waals surface area contributed by atoms with E-state index >= 15 is 0 Å². The Kier molecular flexibility index (Phi) is 5.51. The Bertz CT molecular complexity index is 883. The molecular weight excluding hydrogens is 426 g/mol. The summed E-state index contributed by atoms with van der Waals surface area (Å²) in [6.07, 6.45) is 0.463. The van der Waals surface area contributed by atoms with Crippen LogP contribution in [0.3, 0.4) is 0 Å². The van der Waals surface area contributed by atoms with Gasteiger partial charge in [0.05, 0.1) is 11.5 Å². The lowest BCUT2D eigenvalue weighted by Crippen LogP contribution is -2.40. The topological polar surface area (TPSA) is 54.5 Å². The van der Waals surface area contributed by atoms with E-state index in [1.54, 1.807) is 41.3 Å². The van der Waals surface area contributed by atoms with Crippen LogP contribution in [0.15, 0.2) is 53.0 Å². The first-order valence-electron chi connectivity index (χ1n) is 7.85. The third kappa shape index (κ3) is 4.63. The van der Waals surface area contributed by atoms with Crippen LogP contribution in [0.4, 0.5) is 0 Å². The van der Waals surface area contributed by atoms with Gasteiger partial charge in [0.2, 0.25) is 0 Å². The monoisotopic (exact) mass is 441 g/mol. The molecule has 132 valence electrons. The van der Waals surface area contributed by atoms with E-state index in [0.29, 0.717) is 23.6 Å². The van der Waals surface area contributed by atoms with Gasteiger partial charge >= 0.3 is 0 Å². The van der Waals surface area contributed by atoms with Crippen molar-refractivity contribution in [3.63, 3.8) is 0 Å². The van der Waals surface area contributed by atoms with Crippen molar-refractivity contribution >= 4 is 43.3 Å². The minimum Gasteiger partial charge on any atom is -0.330 e. The molecule has 0 aromatic heterocycles. The van der Waals surface area contributed by atoms with Crippen LogP contribution in [0.25, 0.3) is 0 Å². The molecule has 3 rings (SSSR count). The summed E-state index contributed by atoms with van der Waals surface area (Å²) in [6.45, 7) is 0.329. The Morgan fingerprint density at radius 3 is 2.52 bits per heavy atom. The number of amides is 1. The standard InChI is InChI=1S/C18H17BrClNO3S/c19-15-6-4-14(5-7-15)18(22)21(17-8-9-25(23,24)12-17)11-13-2-1-3-16(20)10-13/h1-7,10,17H,8-9,11-12H2/t17-/m0/s1. The van der Waals surface area contributed by atoms with Crippen molar-refractivity contribution in [3.05, 3.63) is 69.2 Å². The first-order valence-corrected chi connectivity index (χ1v) is 10.8. The van der Waals surface area contributed by atoms with Gasteiger partial charge in [0.15, 0.2) is 9.84 Å². The number of rotatable bonds is 4. The van der Waals surface area contributed by atoms with Crippen LogP contribution in [0.2, 0.25) is 5.02 Å². The number of carbonyl (C=O) groups is 1. The Balaban J connectivity index is 1.91. The molecule has 1 aliphatic heterocycles. The number of benzene rings is 2. The van der Waals surface area contributed by atoms with E-state index < -0.39 is 9.84 Å². The van der Waals surface area contributed by atoms with Gasteiger partial charge in [-0.1, -0.05) is 39.7 Å². The summed E-state index contributed by atoms with van der Waals surface area (Å²) in [7, 11) is -3.09. The van der Waals surface area contributed by atoms with E-state index in [-0.39, 0.29) is 23.5 Å². The fourth-order valence-electron chi connectivity index (χ4n) is 2.98. The first kappa shape index (κ1) is 18.4. The highest BCUT2D eigenvalue weighted by molar-refractivity contribution is 9.10. The Morgan fingerprint density at radius 1 is 1.20 bits per heavy atom. The molecule has 2 aromatic carbocycles. The van der Waals surface area contributed by atoms with Crippen molar-refractivity contribution in [3.8, 4) is 0 Å². The molecule has 4 nitrogen and oxygen atoms in total. The maximum Gasteiger partial charge on any atom is 0.254 e. The van der Waals surface area contributed by atoms with Gasteiger partial charge in [-0.05, 0) is 48.4 Å². The lowest BCUT2D eigenvalue weighted by Gasteiger charge is -2.28. The quantitative estimate of drug-likeness (QED) is 0.721. The number of sulfone groups is 1. The second-order valence-corrected chi connectivity index (χ2v) is 9.71. The van der Waals surface area contributed by atoms with Crippen LogP contribution in [-0.2, 0) is 16.4 Å². The van der Waals surface area contributed by atoms with Crippen LogP contribution < -0.4 is 0 Å². The summed E-state index contributed by atoms with van der Waals surface area (Å²) in [5.41, 5.74) is 1.41. The highest BCUT2D eigenvalue weighted by Gasteiger charge is 2.35. The third-order valence-electron chi connectivity index (χ3n) is 4.24. The molecule has 7 heteroatoms. The van der Waals surface area contributed by atoms with Crippen molar-refractivity contribution in [1.82, 2.24) is 4.90 Å². The van der Waals surface area contributed by atoms with Crippen LogP contribution in [0, 0.1) is 0 Å². The normalized spacial score (nSPS) is 18.9. The average Bonchev–Trinajstić information content (AvgIpc) is 2.92. The molecule has 1 fully saturated rings. The maximum absolute atomic E-state index is 13.0. The highest BCUT2D eigenvalue weighted by atomic mass is 79.9. The van der Waals surface area contributed by atoms with Gasteiger partial charge in [-0.25, -0.2) is 8.42 Å². The second kappa shape index (κ2) is 7.48. The Hall–Kier alpha value is -1.37. The van der Waals surface area contributed by atoms with Crippen molar-refractivity contribution < 1.29 is 13.2 Å². The molecule has 0 aliphatic carbocycles. The number of nitrogens with zero attached hydrogens (tertiary/aromatic N) is 1. The molecule has 1 aliphatic rings. The van der Waals surface area contributed by atoms with Gasteiger partial charge < -0.3 is 4.90 Å². The zero-order valence-electron chi connectivity index (χ0n) is 13.4. The minimum absolute atomic E-state index is 0.00976. The zero-order valence-corrected chi connectivity index (χ0v) is 16.5. The zero-order chi connectivity index (χ0) is 18.0. The number of hydrogen-bond acceptors (Lipinski definition) is 3. The molecule has 0 unspecified atom stereocenters. The molecule has 0 radical (unpaired) electrons. The molecule has 1 atom stereocenters. The van der Waals surface area contributed by atoms with E-state index in [1.807, 2.05) is 12.1 Å². The fraction of sp³-hybridized carbons (Fsp3) is 0.278. The van der Waals surface area contributed by atoms with Crippen molar-refractivity contribution in [1.29, 1.82) is 0 Å². The van der Waals surface area contributed by atoms with Crippen LogP contribution in [-0.4, -0.2) is 36.8 Å². The molecule has 0 spiro atoms. The lowest BCUT2D eigenvalue weighted by molar-refractivity contribution is 0.0681. The fourth-order valence-corrected chi connectivity index (χ4v) is 5.19. The maximum atomic E-state index is 13.0. The third-order valence-corrected chi connectivity index (χ3v) is 6.76. The van der Waals surface area contributed by atoms with Gasteiger partial charge in [-0.2, -0.15) is 0 Å². The Labute approximate surface area is 160 Å². The Morgan fingerprint density at radius 2 is 1.92 bits per heavy atom. The molecule has 1 heterocycles. The summed E-state index contributed by atoms with van der Waals surface area (Å²) >= 11 is 9.40. The summed E-state index contributed by atoms with van der Waals surface area (Å²) in [4.78, 5) is 14.7. The SMILES string of the molecule is O=C(c1ccc(Br)cc1)N(Cc1cccc(Cl)c1)[C@H]1CCS(=O)(=O)C1. The van der Waals surface area contributed by atoms with E-state index in [1.165, 1.54) is 0 Å². The van der Waals surface area contributed by atoms with Crippen LogP contribution >= 0.6 is 27.5 Å². The molecule has 2 aromatic rings. The largest absolute Gasteiger partial charge is 0.330 e. The van der Waals surface area contributed by atoms with Crippen molar-refractivity contribution in [2.75, 3.05) is 11.5 Å². The average molecular weight is 443 g/mol. The molecule has 1 amide bonds. The van der Waals surface area contributed by atoms with E-state index in [4.69, 9.17) is 11.6 Å².